The molecular weight excluding hydrogens is 248 g/mol. The molecule has 7 heteroatoms. The summed E-state index contributed by atoms with van der Waals surface area (Å²) >= 11 is 0. The Bertz CT molecular complexity index is 428. The van der Waals surface area contributed by atoms with Crippen molar-refractivity contribution in [1.29, 1.82) is 0 Å². The predicted octanol–water partition coefficient (Wildman–Crippen LogP) is 0.389. The molecule has 0 radical (unpaired) electrons. The molecule has 0 aliphatic heterocycles. The molecule has 0 spiro atoms. The maximum Gasteiger partial charge on any atom is 0.323 e. The first-order valence-corrected chi connectivity index (χ1v) is 6.35. The van der Waals surface area contributed by atoms with Crippen LogP contribution in [-0.4, -0.2) is 51.2 Å². The molecule has 2 N–H and O–H groups in total. The van der Waals surface area contributed by atoms with Crippen molar-refractivity contribution in [1.82, 2.24) is 19.8 Å². The minimum Gasteiger partial charge on any atom is -0.480 e. The molecule has 0 unspecified atom stereocenters. The maximum atomic E-state index is 11.9. The Balaban J connectivity index is 1.75. The minimum atomic E-state index is -0.981. The Hall–Kier alpha value is -2.05. The van der Waals surface area contributed by atoms with Crippen LogP contribution in [0.4, 0.5) is 4.79 Å². The average molecular weight is 266 g/mol. The number of carbonyl (C=O) groups excluding carboxylic acids is 1. The van der Waals surface area contributed by atoms with E-state index in [1.165, 1.54) is 4.90 Å². The van der Waals surface area contributed by atoms with Gasteiger partial charge in [0.1, 0.15) is 6.54 Å². The van der Waals surface area contributed by atoms with Crippen molar-refractivity contribution in [2.24, 2.45) is 5.92 Å². The summed E-state index contributed by atoms with van der Waals surface area (Å²) in [6.45, 7) is 1.36. The van der Waals surface area contributed by atoms with E-state index in [4.69, 9.17) is 5.11 Å². The van der Waals surface area contributed by atoms with E-state index in [1.54, 1.807) is 12.5 Å². The smallest absolute Gasteiger partial charge is 0.323 e. The highest BCUT2D eigenvalue weighted by Crippen LogP contribution is 2.29. The van der Waals surface area contributed by atoms with E-state index in [0.717, 1.165) is 12.8 Å². The highest BCUT2D eigenvalue weighted by Gasteiger charge is 2.27. The number of carboxylic acids is 1. The lowest BCUT2D eigenvalue weighted by atomic mass is 10.3. The third kappa shape index (κ3) is 4.61. The number of aromatic nitrogens is 2. The van der Waals surface area contributed by atoms with Crippen molar-refractivity contribution in [2.45, 2.75) is 19.4 Å². The monoisotopic (exact) mass is 266 g/mol. The quantitative estimate of drug-likeness (QED) is 0.747. The highest BCUT2D eigenvalue weighted by molar-refractivity contribution is 5.80. The fourth-order valence-electron chi connectivity index (χ4n) is 1.82. The first-order valence-electron chi connectivity index (χ1n) is 6.35. The second-order valence-electron chi connectivity index (χ2n) is 4.75. The Morgan fingerprint density at radius 3 is 2.84 bits per heavy atom. The number of rotatable bonds is 7. The van der Waals surface area contributed by atoms with Crippen LogP contribution in [0.25, 0.3) is 0 Å². The van der Waals surface area contributed by atoms with Crippen molar-refractivity contribution in [3.8, 4) is 0 Å². The van der Waals surface area contributed by atoms with Crippen LogP contribution >= 0.6 is 0 Å². The number of nitrogens with zero attached hydrogens (tertiary/aromatic N) is 3. The van der Waals surface area contributed by atoms with Gasteiger partial charge in [0.15, 0.2) is 0 Å². The molecule has 0 bridgehead atoms. The first-order chi connectivity index (χ1) is 9.15. The summed E-state index contributed by atoms with van der Waals surface area (Å²) in [6, 6.07) is -0.311. The fourth-order valence-corrected chi connectivity index (χ4v) is 1.82. The topological polar surface area (TPSA) is 87.5 Å². The molecule has 1 fully saturated rings. The molecule has 104 valence electrons. The van der Waals surface area contributed by atoms with Crippen molar-refractivity contribution in [3.05, 3.63) is 18.7 Å². The Labute approximate surface area is 111 Å². The Morgan fingerprint density at radius 1 is 1.47 bits per heavy atom. The third-order valence-electron chi connectivity index (χ3n) is 2.99. The van der Waals surface area contributed by atoms with Gasteiger partial charge in [-0.3, -0.25) is 4.79 Å². The number of urea groups is 1. The summed E-state index contributed by atoms with van der Waals surface area (Å²) in [5.74, 6) is -0.510. The number of hydrogen-bond donors (Lipinski definition) is 2. The zero-order valence-electron chi connectivity index (χ0n) is 10.7. The van der Waals surface area contributed by atoms with E-state index in [-0.39, 0.29) is 12.6 Å². The van der Waals surface area contributed by atoms with Gasteiger partial charge >= 0.3 is 12.0 Å². The zero-order chi connectivity index (χ0) is 13.7. The fraction of sp³-hybridized carbons (Fsp3) is 0.583. The summed E-state index contributed by atoms with van der Waals surface area (Å²) in [7, 11) is 0. The van der Waals surface area contributed by atoms with Gasteiger partial charge in [0.2, 0.25) is 0 Å². The summed E-state index contributed by atoms with van der Waals surface area (Å²) in [6.07, 6.45) is 7.32. The molecule has 1 heterocycles. The number of nitrogens with one attached hydrogen (secondary N) is 1. The van der Waals surface area contributed by atoms with E-state index in [9.17, 15) is 9.59 Å². The lowest BCUT2D eigenvalue weighted by Crippen LogP contribution is -2.44. The van der Waals surface area contributed by atoms with Crippen molar-refractivity contribution in [2.75, 3.05) is 19.6 Å². The van der Waals surface area contributed by atoms with Gasteiger partial charge in [-0.15, -0.1) is 0 Å². The van der Waals surface area contributed by atoms with E-state index in [1.807, 2.05) is 10.8 Å². The largest absolute Gasteiger partial charge is 0.480 e. The standard InChI is InChI=1S/C12H18N4O3/c17-11(18)8-16(7-10-1-2-10)12(19)14-4-6-15-5-3-13-9-15/h3,5,9-10H,1-2,4,6-8H2,(H,14,19)(H,17,18). The number of amides is 2. The SMILES string of the molecule is O=C(O)CN(CC1CC1)C(=O)NCCn1ccnc1. The predicted molar refractivity (Wildman–Crippen MR) is 67.6 cm³/mol. The number of carboxylic acid groups (broad SMARTS) is 1. The van der Waals surface area contributed by atoms with Crippen LogP contribution in [0.15, 0.2) is 18.7 Å². The van der Waals surface area contributed by atoms with Crippen LogP contribution in [0, 0.1) is 5.92 Å². The molecule has 19 heavy (non-hydrogen) atoms. The second kappa shape index (κ2) is 6.21. The molecular formula is C12H18N4O3. The summed E-state index contributed by atoms with van der Waals surface area (Å²) in [4.78, 5) is 27.9. The summed E-state index contributed by atoms with van der Waals surface area (Å²) in [5.41, 5.74) is 0. The van der Waals surface area contributed by atoms with Crippen molar-refractivity contribution < 1.29 is 14.7 Å². The Morgan fingerprint density at radius 2 is 2.26 bits per heavy atom. The van der Waals surface area contributed by atoms with Gasteiger partial charge in [0, 0.05) is 32.0 Å². The third-order valence-corrected chi connectivity index (χ3v) is 2.99. The van der Waals surface area contributed by atoms with Gasteiger partial charge < -0.3 is 19.9 Å². The number of aliphatic carboxylic acids is 1. The zero-order valence-corrected chi connectivity index (χ0v) is 10.7. The molecule has 2 amide bonds. The average Bonchev–Trinajstić information content (AvgIpc) is 3.02. The number of carbonyl (C=O) groups is 2. The summed E-state index contributed by atoms with van der Waals surface area (Å²) in [5, 5.41) is 11.5. The lowest BCUT2D eigenvalue weighted by Gasteiger charge is -2.21. The first kappa shape index (κ1) is 13.4. The minimum absolute atomic E-state index is 0.243. The Kier molecular flexibility index (Phi) is 4.38. The maximum absolute atomic E-state index is 11.9. The molecule has 0 aromatic carbocycles. The van der Waals surface area contributed by atoms with Gasteiger partial charge in [-0.1, -0.05) is 0 Å². The van der Waals surface area contributed by atoms with Crippen LogP contribution in [0.1, 0.15) is 12.8 Å². The van der Waals surface area contributed by atoms with Crippen LogP contribution in [0.5, 0.6) is 0 Å². The van der Waals surface area contributed by atoms with Gasteiger partial charge in [-0.05, 0) is 18.8 Å². The van der Waals surface area contributed by atoms with Gasteiger partial charge in [0.05, 0.1) is 6.33 Å². The lowest BCUT2D eigenvalue weighted by molar-refractivity contribution is -0.137. The molecule has 1 aromatic heterocycles. The highest BCUT2D eigenvalue weighted by atomic mass is 16.4. The van der Waals surface area contributed by atoms with Crippen LogP contribution < -0.4 is 5.32 Å². The molecule has 0 saturated heterocycles. The van der Waals surface area contributed by atoms with Crippen LogP contribution in [0.3, 0.4) is 0 Å². The van der Waals surface area contributed by atoms with Gasteiger partial charge in [-0.25, -0.2) is 9.78 Å². The molecule has 1 aromatic rings. The van der Waals surface area contributed by atoms with E-state index < -0.39 is 5.97 Å². The molecule has 1 saturated carbocycles. The second-order valence-corrected chi connectivity index (χ2v) is 4.75. The molecule has 1 aliphatic carbocycles. The van der Waals surface area contributed by atoms with Crippen molar-refractivity contribution in [3.63, 3.8) is 0 Å². The van der Waals surface area contributed by atoms with Crippen LogP contribution in [-0.2, 0) is 11.3 Å². The van der Waals surface area contributed by atoms with Crippen LogP contribution in [0.2, 0.25) is 0 Å². The number of hydrogen-bond acceptors (Lipinski definition) is 3. The molecule has 1 aliphatic rings. The molecule has 7 nitrogen and oxygen atoms in total. The van der Waals surface area contributed by atoms with E-state index >= 15 is 0 Å². The normalized spacial score (nSPS) is 14.1. The van der Waals surface area contributed by atoms with E-state index in [0.29, 0.717) is 25.6 Å². The molecule has 2 rings (SSSR count). The van der Waals surface area contributed by atoms with E-state index in [2.05, 4.69) is 10.3 Å². The number of imidazole rings is 1. The van der Waals surface area contributed by atoms with Gasteiger partial charge in [-0.2, -0.15) is 0 Å². The molecule has 0 atom stereocenters. The van der Waals surface area contributed by atoms with Crippen molar-refractivity contribution >= 4 is 12.0 Å². The summed E-state index contributed by atoms with van der Waals surface area (Å²) < 4.78 is 1.85. The van der Waals surface area contributed by atoms with Gasteiger partial charge in [0.25, 0.3) is 0 Å².